The molecule has 74 valence electrons. The van der Waals surface area contributed by atoms with Crippen LogP contribution in [0.5, 0.6) is 0 Å². The zero-order chi connectivity index (χ0) is 9.26. The molecule has 0 aromatic rings. The average Bonchev–Trinajstić information content (AvgIpc) is 2.52. The van der Waals surface area contributed by atoms with E-state index in [2.05, 4.69) is 11.2 Å². The first kappa shape index (κ1) is 9.53. The van der Waals surface area contributed by atoms with Gasteiger partial charge >= 0.3 is 0 Å². The molecule has 2 atom stereocenters. The van der Waals surface area contributed by atoms with Gasteiger partial charge < -0.3 is 0 Å². The lowest BCUT2D eigenvalue weighted by atomic mass is 9.87. The highest BCUT2D eigenvalue weighted by atomic mass is 32.2. The topological polar surface area (TPSA) is 20.3 Å². The fourth-order valence-electron chi connectivity index (χ4n) is 2.32. The fourth-order valence-corrected chi connectivity index (χ4v) is 3.36. The predicted molar refractivity (Wildman–Crippen MR) is 55.6 cm³/mol. The van der Waals surface area contributed by atoms with E-state index in [-0.39, 0.29) is 0 Å². The summed E-state index contributed by atoms with van der Waals surface area (Å²) in [6.45, 7) is 3.02. The third kappa shape index (κ3) is 2.26. The zero-order valence-corrected chi connectivity index (χ0v) is 8.98. The summed E-state index contributed by atoms with van der Waals surface area (Å²) in [7, 11) is 0. The molecule has 0 radical (unpaired) electrons. The lowest BCUT2D eigenvalue weighted by Crippen LogP contribution is -2.33. The Morgan fingerprint density at radius 1 is 1.46 bits per heavy atom. The summed E-state index contributed by atoms with van der Waals surface area (Å²) in [5.41, 5.74) is 0. The molecule has 0 amide bonds. The maximum absolute atomic E-state index is 11.1. The highest BCUT2D eigenvalue weighted by Gasteiger charge is 2.30. The molecule has 1 heterocycles. The van der Waals surface area contributed by atoms with Crippen LogP contribution in [0.1, 0.15) is 32.6 Å². The monoisotopic (exact) mass is 199 g/mol. The minimum Gasteiger partial charge on any atom is -0.297 e. The molecule has 0 aromatic carbocycles. The minimum atomic E-state index is 0.406. The van der Waals surface area contributed by atoms with E-state index in [0.717, 1.165) is 5.92 Å². The van der Waals surface area contributed by atoms with Gasteiger partial charge in [-0.05, 0) is 18.8 Å². The van der Waals surface area contributed by atoms with Crippen molar-refractivity contribution in [2.45, 2.75) is 38.6 Å². The van der Waals surface area contributed by atoms with Crippen LogP contribution in [-0.4, -0.2) is 28.4 Å². The number of Topliss-reactive ketones (excluding diaryl/α,β-unsaturated/α-hetero) is 1. The second kappa shape index (κ2) is 4.01. The Kier molecular flexibility index (Phi) is 2.94. The van der Waals surface area contributed by atoms with Crippen LogP contribution in [0.15, 0.2) is 0 Å². The Labute approximate surface area is 84.2 Å². The van der Waals surface area contributed by atoms with Gasteiger partial charge in [0, 0.05) is 6.04 Å². The highest BCUT2D eigenvalue weighted by molar-refractivity contribution is 7.98. The predicted octanol–water partition coefficient (Wildman–Crippen LogP) is 2.10. The SMILES string of the molecule is CC1CCCC(N2CC(=O)CS2)C1. The van der Waals surface area contributed by atoms with Crippen LogP contribution in [0.2, 0.25) is 0 Å². The van der Waals surface area contributed by atoms with E-state index >= 15 is 0 Å². The van der Waals surface area contributed by atoms with Crippen molar-refractivity contribution in [2.24, 2.45) is 5.92 Å². The first-order valence-corrected chi connectivity index (χ1v) is 6.11. The number of hydrogen-bond donors (Lipinski definition) is 0. The van der Waals surface area contributed by atoms with Gasteiger partial charge in [-0.15, -0.1) is 0 Å². The molecule has 0 aromatic heterocycles. The van der Waals surface area contributed by atoms with Crippen molar-refractivity contribution in [1.29, 1.82) is 0 Å². The van der Waals surface area contributed by atoms with Crippen molar-refractivity contribution in [2.75, 3.05) is 12.3 Å². The Balaban J connectivity index is 1.89. The molecule has 1 saturated carbocycles. The van der Waals surface area contributed by atoms with Crippen LogP contribution in [0, 0.1) is 5.92 Å². The van der Waals surface area contributed by atoms with Gasteiger partial charge in [-0.3, -0.25) is 4.79 Å². The van der Waals surface area contributed by atoms with Crippen molar-refractivity contribution in [3.63, 3.8) is 0 Å². The lowest BCUT2D eigenvalue weighted by Gasteiger charge is -2.32. The van der Waals surface area contributed by atoms with Gasteiger partial charge in [0.05, 0.1) is 12.3 Å². The van der Waals surface area contributed by atoms with Gasteiger partial charge in [0.15, 0.2) is 5.78 Å². The molecule has 1 aliphatic carbocycles. The van der Waals surface area contributed by atoms with E-state index in [4.69, 9.17) is 0 Å². The Morgan fingerprint density at radius 3 is 2.92 bits per heavy atom. The maximum Gasteiger partial charge on any atom is 0.158 e. The number of rotatable bonds is 1. The third-order valence-electron chi connectivity index (χ3n) is 3.04. The summed E-state index contributed by atoms with van der Waals surface area (Å²) >= 11 is 1.74. The summed E-state index contributed by atoms with van der Waals surface area (Å²) < 4.78 is 2.32. The van der Waals surface area contributed by atoms with Crippen LogP contribution in [0.25, 0.3) is 0 Å². The molecule has 1 aliphatic heterocycles. The number of carbonyl (C=O) groups is 1. The standard InChI is InChI=1S/C10H17NOS/c1-8-3-2-4-9(5-8)11-6-10(12)7-13-11/h8-9H,2-7H2,1H3. The number of nitrogens with zero attached hydrogens (tertiary/aromatic N) is 1. The number of carbonyl (C=O) groups excluding carboxylic acids is 1. The smallest absolute Gasteiger partial charge is 0.158 e. The van der Waals surface area contributed by atoms with Crippen molar-refractivity contribution in [1.82, 2.24) is 4.31 Å². The second-order valence-electron chi connectivity index (χ2n) is 4.31. The molecule has 2 fully saturated rings. The average molecular weight is 199 g/mol. The summed E-state index contributed by atoms with van der Waals surface area (Å²) in [6, 6.07) is 0.681. The largest absolute Gasteiger partial charge is 0.297 e. The van der Waals surface area contributed by atoms with Crippen molar-refractivity contribution < 1.29 is 4.79 Å². The minimum absolute atomic E-state index is 0.406. The Morgan fingerprint density at radius 2 is 2.31 bits per heavy atom. The highest BCUT2D eigenvalue weighted by Crippen LogP contribution is 2.32. The Hall–Kier alpha value is -0.0200. The summed E-state index contributed by atoms with van der Waals surface area (Å²) in [4.78, 5) is 11.1. The first-order chi connectivity index (χ1) is 6.25. The molecule has 0 spiro atoms. The van der Waals surface area contributed by atoms with Gasteiger partial charge in [-0.25, -0.2) is 4.31 Å². The molecule has 0 bridgehead atoms. The van der Waals surface area contributed by atoms with Gasteiger partial charge in [-0.2, -0.15) is 0 Å². The van der Waals surface area contributed by atoms with E-state index in [0.29, 0.717) is 24.1 Å². The molecule has 1 saturated heterocycles. The van der Waals surface area contributed by atoms with Gasteiger partial charge in [0.2, 0.25) is 0 Å². The molecule has 13 heavy (non-hydrogen) atoms. The van der Waals surface area contributed by atoms with Crippen molar-refractivity contribution in [3.05, 3.63) is 0 Å². The number of ketones is 1. The molecule has 2 nitrogen and oxygen atoms in total. The normalized spacial score (nSPS) is 36.8. The van der Waals surface area contributed by atoms with E-state index in [9.17, 15) is 4.79 Å². The van der Waals surface area contributed by atoms with E-state index in [1.807, 2.05) is 0 Å². The molecule has 2 aliphatic rings. The molecule has 2 rings (SSSR count). The molecule has 3 heteroatoms. The van der Waals surface area contributed by atoms with Crippen LogP contribution < -0.4 is 0 Å². The summed E-state index contributed by atoms with van der Waals surface area (Å²) in [5.74, 6) is 1.98. The molecule has 2 unspecified atom stereocenters. The van der Waals surface area contributed by atoms with Gasteiger partial charge in [0.1, 0.15) is 0 Å². The van der Waals surface area contributed by atoms with Crippen LogP contribution in [0.4, 0.5) is 0 Å². The quantitative estimate of drug-likeness (QED) is 0.603. The molecule has 0 N–H and O–H groups in total. The molecular formula is C10H17NOS. The third-order valence-corrected chi connectivity index (χ3v) is 4.25. The van der Waals surface area contributed by atoms with Crippen molar-refractivity contribution in [3.8, 4) is 0 Å². The summed E-state index contributed by atoms with van der Waals surface area (Å²) in [6.07, 6.45) is 5.31. The summed E-state index contributed by atoms with van der Waals surface area (Å²) in [5, 5.41) is 0. The zero-order valence-electron chi connectivity index (χ0n) is 8.16. The van der Waals surface area contributed by atoms with E-state index in [1.54, 1.807) is 11.9 Å². The lowest BCUT2D eigenvalue weighted by molar-refractivity contribution is -0.116. The molecular weight excluding hydrogens is 182 g/mol. The van der Waals surface area contributed by atoms with Crippen LogP contribution in [-0.2, 0) is 4.79 Å². The van der Waals surface area contributed by atoms with Crippen LogP contribution in [0.3, 0.4) is 0 Å². The maximum atomic E-state index is 11.1. The van der Waals surface area contributed by atoms with Crippen molar-refractivity contribution >= 4 is 17.7 Å². The van der Waals surface area contributed by atoms with Gasteiger partial charge in [-0.1, -0.05) is 31.7 Å². The van der Waals surface area contributed by atoms with Gasteiger partial charge in [0.25, 0.3) is 0 Å². The van der Waals surface area contributed by atoms with E-state index < -0.39 is 0 Å². The van der Waals surface area contributed by atoms with Crippen LogP contribution >= 0.6 is 11.9 Å². The number of hydrogen-bond acceptors (Lipinski definition) is 3. The first-order valence-electron chi connectivity index (χ1n) is 5.17. The second-order valence-corrected chi connectivity index (χ2v) is 5.33. The Bertz CT molecular complexity index is 207. The van der Waals surface area contributed by atoms with E-state index in [1.165, 1.54) is 25.7 Å². The fraction of sp³-hybridized carbons (Fsp3) is 0.900.